The molecule has 17 heavy (non-hydrogen) atoms. The Morgan fingerprint density at radius 3 is 2.65 bits per heavy atom. The highest BCUT2D eigenvalue weighted by atomic mass is 79.9. The Balaban J connectivity index is 1.87. The van der Waals surface area contributed by atoms with E-state index in [2.05, 4.69) is 37.2 Å². The van der Waals surface area contributed by atoms with Gasteiger partial charge in [-0.3, -0.25) is 0 Å². The molecule has 0 aliphatic carbocycles. The maximum atomic E-state index is 5.91. The Labute approximate surface area is 122 Å². The Morgan fingerprint density at radius 1 is 1.18 bits per heavy atom. The van der Waals surface area contributed by atoms with Crippen molar-refractivity contribution in [2.75, 3.05) is 0 Å². The summed E-state index contributed by atoms with van der Waals surface area (Å²) in [5.41, 5.74) is 1.15. The summed E-state index contributed by atoms with van der Waals surface area (Å²) >= 11 is 12.6. The minimum absolute atomic E-state index is 0.677. The van der Waals surface area contributed by atoms with Crippen molar-refractivity contribution in [1.29, 1.82) is 0 Å². The van der Waals surface area contributed by atoms with Crippen LogP contribution in [0, 0.1) is 0 Å². The van der Waals surface area contributed by atoms with Crippen LogP contribution in [0.15, 0.2) is 43.9 Å². The molecule has 0 saturated carbocycles. The molecule has 0 saturated heterocycles. The highest BCUT2D eigenvalue weighted by molar-refractivity contribution is 9.13. The van der Waals surface area contributed by atoms with Gasteiger partial charge in [-0.25, -0.2) is 0 Å². The van der Waals surface area contributed by atoms with Crippen molar-refractivity contribution in [2.24, 2.45) is 0 Å². The lowest BCUT2D eigenvalue weighted by atomic mass is 10.2. The number of halogens is 3. The lowest BCUT2D eigenvalue weighted by Crippen LogP contribution is -2.11. The molecule has 0 aliphatic rings. The van der Waals surface area contributed by atoms with Gasteiger partial charge in [0.15, 0.2) is 4.67 Å². The largest absolute Gasteiger partial charge is 0.452 e. The quantitative estimate of drug-likeness (QED) is 0.829. The van der Waals surface area contributed by atoms with E-state index in [1.165, 1.54) is 0 Å². The van der Waals surface area contributed by atoms with Crippen LogP contribution in [0.5, 0.6) is 0 Å². The third kappa shape index (κ3) is 3.85. The first-order valence-electron chi connectivity index (χ1n) is 5.04. The highest BCUT2D eigenvalue weighted by Gasteiger charge is 2.05. The van der Waals surface area contributed by atoms with Crippen LogP contribution >= 0.6 is 43.5 Å². The summed E-state index contributed by atoms with van der Waals surface area (Å²) in [6.07, 6.45) is 0. The molecule has 2 nitrogen and oxygen atoms in total. The number of rotatable bonds is 4. The van der Waals surface area contributed by atoms with E-state index in [1.54, 1.807) is 0 Å². The fourth-order valence-electron chi connectivity index (χ4n) is 1.46. The zero-order chi connectivity index (χ0) is 12.3. The van der Waals surface area contributed by atoms with Crippen LogP contribution < -0.4 is 5.32 Å². The maximum absolute atomic E-state index is 5.91. The standard InChI is InChI=1S/C12H10Br2ClNO/c13-11-5-10(17-12(11)14)7-16-6-8-2-1-3-9(15)4-8/h1-5,16H,6-7H2. The number of hydrogen-bond donors (Lipinski definition) is 1. The van der Waals surface area contributed by atoms with Gasteiger partial charge in [-0.2, -0.15) is 0 Å². The van der Waals surface area contributed by atoms with Crippen LogP contribution in [0.2, 0.25) is 5.02 Å². The third-order valence-corrected chi connectivity index (χ3v) is 4.16. The second-order valence-corrected chi connectivity index (χ2v) is 5.58. The monoisotopic (exact) mass is 377 g/mol. The summed E-state index contributed by atoms with van der Waals surface area (Å²) in [4.78, 5) is 0. The SMILES string of the molecule is Clc1cccc(CNCc2cc(Br)c(Br)o2)c1. The molecule has 0 unspecified atom stereocenters. The Hall–Kier alpha value is -0.290. The number of benzene rings is 1. The number of hydrogen-bond acceptors (Lipinski definition) is 2. The Bertz CT molecular complexity index is 493. The van der Waals surface area contributed by atoms with Crippen molar-refractivity contribution in [2.45, 2.75) is 13.1 Å². The molecule has 1 heterocycles. The molecule has 0 spiro atoms. The smallest absolute Gasteiger partial charge is 0.183 e. The minimum Gasteiger partial charge on any atom is -0.452 e. The first kappa shape index (κ1) is 13.1. The predicted octanol–water partition coefficient (Wildman–Crippen LogP) is 4.75. The first-order valence-corrected chi connectivity index (χ1v) is 7.00. The molecule has 90 valence electrons. The van der Waals surface area contributed by atoms with Crippen molar-refractivity contribution < 1.29 is 4.42 Å². The van der Waals surface area contributed by atoms with E-state index in [9.17, 15) is 0 Å². The van der Waals surface area contributed by atoms with Gasteiger partial charge in [0.1, 0.15) is 5.76 Å². The van der Waals surface area contributed by atoms with E-state index in [4.69, 9.17) is 16.0 Å². The van der Waals surface area contributed by atoms with Crippen molar-refractivity contribution in [3.63, 3.8) is 0 Å². The average Bonchev–Trinajstić information content (AvgIpc) is 2.58. The van der Waals surface area contributed by atoms with Gasteiger partial charge in [0.2, 0.25) is 0 Å². The van der Waals surface area contributed by atoms with Crippen LogP contribution in [-0.4, -0.2) is 0 Å². The molecule has 1 aromatic heterocycles. The molecular weight excluding hydrogens is 369 g/mol. The molecule has 2 aromatic rings. The molecule has 0 atom stereocenters. The van der Waals surface area contributed by atoms with Gasteiger partial charge in [0.25, 0.3) is 0 Å². The molecule has 0 fully saturated rings. The fraction of sp³-hybridized carbons (Fsp3) is 0.167. The van der Waals surface area contributed by atoms with Crippen molar-refractivity contribution in [1.82, 2.24) is 5.32 Å². The van der Waals surface area contributed by atoms with E-state index in [0.717, 1.165) is 32.0 Å². The topological polar surface area (TPSA) is 25.2 Å². The lowest BCUT2D eigenvalue weighted by Gasteiger charge is -2.03. The lowest BCUT2D eigenvalue weighted by molar-refractivity contribution is 0.464. The van der Waals surface area contributed by atoms with E-state index in [1.807, 2.05) is 30.3 Å². The summed E-state index contributed by atoms with van der Waals surface area (Å²) in [7, 11) is 0. The van der Waals surface area contributed by atoms with Gasteiger partial charge in [0.05, 0.1) is 11.0 Å². The zero-order valence-corrected chi connectivity index (χ0v) is 12.8. The van der Waals surface area contributed by atoms with Crippen LogP contribution in [0.3, 0.4) is 0 Å². The molecule has 0 bridgehead atoms. The second-order valence-electron chi connectivity index (χ2n) is 3.57. The van der Waals surface area contributed by atoms with E-state index < -0.39 is 0 Å². The summed E-state index contributed by atoms with van der Waals surface area (Å²) in [6, 6.07) is 9.73. The highest BCUT2D eigenvalue weighted by Crippen LogP contribution is 2.26. The molecule has 1 N–H and O–H groups in total. The molecule has 0 amide bonds. The first-order chi connectivity index (χ1) is 8.15. The van der Waals surface area contributed by atoms with Gasteiger partial charge in [0, 0.05) is 11.6 Å². The van der Waals surface area contributed by atoms with E-state index >= 15 is 0 Å². The molecule has 1 aromatic carbocycles. The average molecular weight is 379 g/mol. The summed E-state index contributed by atoms with van der Waals surface area (Å²) in [5.74, 6) is 0.880. The van der Waals surface area contributed by atoms with Gasteiger partial charge < -0.3 is 9.73 Å². The van der Waals surface area contributed by atoms with Crippen molar-refractivity contribution in [3.05, 3.63) is 55.8 Å². The predicted molar refractivity (Wildman–Crippen MR) is 76.1 cm³/mol. The van der Waals surface area contributed by atoms with Gasteiger partial charge in [-0.1, -0.05) is 23.7 Å². The molecule has 2 rings (SSSR count). The van der Waals surface area contributed by atoms with Crippen molar-refractivity contribution in [3.8, 4) is 0 Å². The van der Waals surface area contributed by atoms with E-state index in [-0.39, 0.29) is 0 Å². The molecule has 0 radical (unpaired) electrons. The number of nitrogens with one attached hydrogen (secondary N) is 1. The van der Waals surface area contributed by atoms with Gasteiger partial charge in [-0.15, -0.1) is 0 Å². The summed E-state index contributed by atoms with van der Waals surface area (Å²) < 4.78 is 7.10. The molecule has 0 aliphatic heterocycles. The third-order valence-electron chi connectivity index (χ3n) is 2.21. The number of furan rings is 1. The van der Waals surface area contributed by atoms with Crippen LogP contribution in [0.1, 0.15) is 11.3 Å². The fourth-order valence-corrected chi connectivity index (χ4v) is 2.33. The second kappa shape index (κ2) is 6.05. The Kier molecular flexibility index (Phi) is 4.68. The summed E-state index contributed by atoms with van der Waals surface area (Å²) in [5, 5.41) is 4.05. The van der Waals surface area contributed by atoms with Crippen LogP contribution in [0.25, 0.3) is 0 Å². The zero-order valence-electron chi connectivity index (χ0n) is 8.84. The summed E-state index contributed by atoms with van der Waals surface area (Å²) in [6.45, 7) is 1.44. The Morgan fingerprint density at radius 2 is 2.00 bits per heavy atom. The van der Waals surface area contributed by atoms with E-state index in [0.29, 0.717) is 6.54 Å². The molecular formula is C12H10Br2ClNO. The van der Waals surface area contributed by atoms with Gasteiger partial charge >= 0.3 is 0 Å². The minimum atomic E-state index is 0.677. The van der Waals surface area contributed by atoms with Gasteiger partial charge in [-0.05, 0) is 55.6 Å². The maximum Gasteiger partial charge on any atom is 0.183 e. The van der Waals surface area contributed by atoms with Crippen LogP contribution in [-0.2, 0) is 13.1 Å². The normalized spacial score (nSPS) is 10.8. The van der Waals surface area contributed by atoms with Crippen molar-refractivity contribution >= 4 is 43.5 Å². The van der Waals surface area contributed by atoms with Crippen LogP contribution in [0.4, 0.5) is 0 Å². The molecule has 5 heteroatoms.